The number of hydrogen-bond acceptors (Lipinski definition) is 4. The van der Waals surface area contributed by atoms with Crippen LogP contribution < -0.4 is 10.7 Å². The normalized spacial score (nSPS) is 12.4. The third kappa shape index (κ3) is 3.17. The lowest BCUT2D eigenvalue weighted by molar-refractivity contribution is -0.126. The molecule has 0 aliphatic rings. The van der Waals surface area contributed by atoms with E-state index in [1.54, 1.807) is 52.0 Å². The number of carbonyl (C=O) groups excluding carboxylic acids is 1. The van der Waals surface area contributed by atoms with Crippen LogP contribution in [0.1, 0.15) is 27.7 Å². The number of para-hydroxylation sites is 1. The highest BCUT2D eigenvalue weighted by Crippen LogP contribution is 2.20. The van der Waals surface area contributed by atoms with Crippen LogP contribution >= 0.6 is 0 Å². The van der Waals surface area contributed by atoms with Crippen molar-refractivity contribution in [2.24, 2.45) is 0 Å². The number of nitrogens with zero attached hydrogens (tertiary/aromatic N) is 2. The maximum Gasteiger partial charge on any atom is 0.242 e. The number of amides is 1. The molecular formula is C16H21N3O3. The van der Waals surface area contributed by atoms with Gasteiger partial charge in [0.05, 0.1) is 22.9 Å². The maximum atomic E-state index is 12.2. The lowest BCUT2D eigenvalue weighted by atomic mass is 9.86. The first-order valence-corrected chi connectivity index (χ1v) is 7.10. The molecule has 2 aromatic rings. The number of benzene rings is 1. The van der Waals surface area contributed by atoms with Crippen molar-refractivity contribution in [3.8, 4) is 0 Å². The number of hydrogen-bond donors (Lipinski definition) is 2. The van der Waals surface area contributed by atoms with Gasteiger partial charge < -0.3 is 10.4 Å². The molecule has 1 heterocycles. The molecule has 0 saturated heterocycles. The van der Waals surface area contributed by atoms with E-state index in [4.69, 9.17) is 0 Å². The monoisotopic (exact) mass is 303 g/mol. The lowest BCUT2D eigenvalue weighted by Gasteiger charge is -2.38. The van der Waals surface area contributed by atoms with Crippen molar-refractivity contribution < 1.29 is 9.90 Å². The largest absolute Gasteiger partial charge is 0.388 e. The van der Waals surface area contributed by atoms with Crippen molar-refractivity contribution in [1.82, 2.24) is 15.1 Å². The van der Waals surface area contributed by atoms with Crippen LogP contribution in [0.3, 0.4) is 0 Å². The van der Waals surface area contributed by atoms with E-state index < -0.39 is 11.1 Å². The molecule has 1 amide bonds. The number of aliphatic hydroxyl groups is 1. The fourth-order valence-corrected chi connectivity index (χ4v) is 1.96. The second-order valence-corrected chi connectivity index (χ2v) is 6.42. The second kappa shape index (κ2) is 5.53. The SMILES string of the molecule is CC(C)(O)C(C)(C)NC(=O)Cn1ncc(=O)c2ccccc21. The smallest absolute Gasteiger partial charge is 0.242 e. The minimum Gasteiger partial charge on any atom is -0.388 e. The van der Waals surface area contributed by atoms with Gasteiger partial charge >= 0.3 is 0 Å². The molecular weight excluding hydrogens is 282 g/mol. The van der Waals surface area contributed by atoms with Crippen LogP contribution in [0, 0.1) is 0 Å². The summed E-state index contributed by atoms with van der Waals surface area (Å²) in [6.45, 7) is 6.75. The zero-order valence-corrected chi connectivity index (χ0v) is 13.3. The van der Waals surface area contributed by atoms with Gasteiger partial charge in [0.15, 0.2) is 0 Å². The number of aromatic nitrogens is 2. The molecule has 0 radical (unpaired) electrons. The fraction of sp³-hybridized carbons (Fsp3) is 0.438. The Morgan fingerprint density at radius 2 is 1.91 bits per heavy atom. The van der Waals surface area contributed by atoms with Gasteiger partial charge in [0.25, 0.3) is 0 Å². The molecule has 0 bridgehead atoms. The van der Waals surface area contributed by atoms with Crippen molar-refractivity contribution in [2.75, 3.05) is 0 Å². The molecule has 0 fully saturated rings. The highest BCUT2D eigenvalue weighted by Gasteiger charge is 2.36. The Hall–Kier alpha value is -2.21. The Labute approximate surface area is 128 Å². The summed E-state index contributed by atoms with van der Waals surface area (Å²) in [5, 5.41) is 17.4. The van der Waals surface area contributed by atoms with Crippen LogP contribution in [-0.2, 0) is 11.3 Å². The van der Waals surface area contributed by atoms with Crippen molar-refractivity contribution in [3.63, 3.8) is 0 Å². The Bertz CT molecular complexity index is 757. The summed E-state index contributed by atoms with van der Waals surface area (Å²) in [5.41, 5.74) is -1.43. The first kappa shape index (κ1) is 16.2. The van der Waals surface area contributed by atoms with Crippen LogP contribution in [0.15, 0.2) is 35.3 Å². The van der Waals surface area contributed by atoms with Gasteiger partial charge in [0.1, 0.15) is 6.54 Å². The molecule has 2 N–H and O–H groups in total. The number of rotatable bonds is 4. The van der Waals surface area contributed by atoms with Gasteiger partial charge in [-0.1, -0.05) is 12.1 Å². The summed E-state index contributed by atoms with van der Waals surface area (Å²) in [5.74, 6) is -0.284. The number of fused-ring (bicyclic) bond motifs is 1. The van der Waals surface area contributed by atoms with Crippen LogP contribution in [0.2, 0.25) is 0 Å². The topological polar surface area (TPSA) is 84.2 Å². The molecule has 1 aromatic heterocycles. The van der Waals surface area contributed by atoms with Crippen molar-refractivity contribution in [3.05, 3.63) is 40.7 Å². The maximum absolute atomic E-state index is 12.2. The molecule has 6 nitrogen and oxygen atoms in total. The molecule has 0 saturated carbocycles. The van der Waals surface area contributed by atoms with Crippen molar-refractivity contribution >= 4 is 16.8 Å². The van der Waals surface area contributed by atoms with Gasteiger partial charge in [0, 0.05) is 5.39 Å². The molecule has 0 aliphatic heterocycles. The van der Waals surface area contributed by atoms with Gasteiger partial charge in [-0.15, -0.1) is 0 Å². The highest BCUT2D eigenvalue weighted by atomic mass is 16.3. The Morgan fingerprint density at radius 3 is 2.55 bits per heavy atom. The van der Waals surface area contributed by atoms with E-state index in [-0.39, 0.29) is 17.9 Å². The van der Waals surface area contributed by atoms with Crippen LogP contribution in [-0.4, -0.2) is 31.9 Å². The first-order chi connectivity index (χ1) is 10.1. The molecule has 0 spiro atoms. The molecule has 1 aromatic carbocycles. The van der Waals surface area contributed by atoms with Crippen LogP contribution in [0.5, 0.6) is 0 Å². The third-order valence-corrected chi connectivity index (χ3v) is 4.04. The van der Waals surface area contributed by atoms with E-state index >= 15 is 0 Å². The van der Waals surface area contributed by atoms with Gasteiger partial charge in [-0.25, -0.2) is 0 Å². The van der Waals surface area contributed by atoms with E-state index in [0.29, 0.717) is 10.9 Å². The summed E-state index contributed by atoms with van der Waals surface area (Å²) in [7, 11) is 0. The van der Waals surface area contributed by atoms with Gasteiger partial charge in [-0.2, -0.15) is 5.10 Å². The number of carbonyl (C=O) groups is 1. The molecule has 0 aliphatic carbocycles. The average molecular weight is 303 g/mol. The molecule has 0 unspecified atom stereocenters. The third-order valence-electron chi connectivity index (χ3n) is 4.04. The molecule has 0 atom stereocenters. The van der Waals surface area contributed by atoms with E-state index in [9.17, 15) is 14.7 Å². The highest BCUT2D eigenvalue weighted by molar-refractivity contribution is 5.81. The van der Waals surface area contributed by atoms with E-state index in [2.05, 4.69) is 10.4 Å². The summed E-state index contributed by atoms with van der Waals surface area (Å²) < 4.78 is 1.48. The molecule has 118 valence electrons. The Balaban J connectivity index is 2.27. The van der Waals surface area contributed by atoms with Gasteiger partial charge in [-0.05, 0) is 39.8 Å². The van der Waals surface area contributed by atoms with Gasteiger partial charge in [0.2, 0.25) is 11.3 Å². The predicted molar refractivity (Wildman–Crippen MR) is 84.5 cm³/mol. The molecule has 2 rings (SSSR count). The molecule has 6 heteroatoms. The van der Waals surface area contributed by atoms with Gasteiger partial charge in [-0.3, -0.25) is 14.3 Å². The predicted octanol–water partition coefficient (Wildman–Crippen LogP) is 1.06. The summed E-state index contributed by atoms with van der Waals surface area (Å²) in [6.07, 6.45) is 1.21. The van der Waals surface area contributed by atoms with Crippen LogP contribution in [0.25, 0.3) is 10.9 Å². The lowest BCUT2D eigenvalue weighted by Crippen LogP contribution is -2.58. The Morgan fingerprint density at radius 1 is 1.27 bits per heavy atom. The second-order valence-electron chi connectivity index (χ2n) is 6.42. The van der Waals surface area contributed by atoms with E-state index in [1.165, 1.54) is 10.9 Å². The first-order valence-electron chi connectivity index (χ1n) is 7.10. The summed E-state index contributed by atoms with van der Waals surface area (Å²) in [6, 6.07) is 7.01. The fourth-order valence-electron chi connectivity index (χ4n) is 1.96. The van der Waals surface area contributed by atoms with E-state index in [0.717, 1.165) is 0 Å². The minimum absolute atomic E-state index is 0.0275. The standard InChI is InChI=1S/C16H21N3O3/c1-15(2,16(3,4)22)18-14(21)10-19-12-8-6-5-7-11(12)13(20)9-17-19/h5-9,22H,10H2,1-4H3,(H,18,21). The molecule has 22 heavy (non-hydrogen) atoms. The van der Waals surface area contributed by atoms with E-state index in [1.807, 2.05) is 0 Å². The number of nitrogens with one attached hydrogen (secondary N) is 1. The van der Waals surface area contributed by atoms with Crippen molar-refractivity contribution in [2.45, 2.75) is 45.4 Å². The van der Waals surface area contributed by atoms with Crippen LogP contribution in [0.4, 0.5) is 0 Å². The average Bonchev–Trinajstić information content (AvgIpc) is 2.40. The summed E-state index contributed by atoms with van der Waals surface area (Å²) >= 11 is 0. The van der Waals surface area contributed by atoms with Crippen molar-refractivity contribution in [1.29, 1.82) is 0 Å². The quantitative estimate of drug-likeness (QED) is 0.884. The minimum atomic E-state index is -1.07. The zero-order valence-electron chi connectivity index (χ0n) is 13.3. The Kier molecular flexibility index (Phi) is 4.06. The zero-order chi connectivity index (χ0) is 16.5. The summed E-state index contributed by atoms with van der Waals surface area (Å²) in [4.78, 5) is 24.0.